The van der Waals surface area contributed by atoms with Gasteiger partial charge in [-0.15, -0.1) is 0 Å². The molecule has 0 saturated carbocycles. The van der Waals surface area contributed by atoms with Crippen LogP contribution in [0.25, 0.3) is 0 Å². The second-order valence-electron chi connectivity index (χ2n) is 4.01. The minimum Gasteiger partial charge on any atom is -0.395 e. The van der Waals surface area contributed by atoms with Crippen LogP contribution in [0.1, 0.15) is 19.8 Å². The topological polar surface area (TPSA) is 35.5 Å². The predicted octanol–water partition coefficient (Wildman–Crippen LogP) is 0.786. The second-order valence-corrected chi connectivity index (χ2v) is 5.41. The van der Waals surface area contributed by atoms with Crippen LogP contribution < -0.4 is 5.32 Å². The van der Waals surface area contributed by atoms with Gasteiger partial charge in [-0.05, 0) is 25.1 Å². The number of thioether (sulfide) groups is 1. The Morgan fingerprint density at radius 3 is 2.93 bits per heavy atom. The summed E-state index contributed by atoms with van der Waals surface area (Å²) in [5.41, 5.74) is 0. The van der Waals surface area contributed by atoms with Crippen molar-refractivity contribution in [3.05, 3.63) is 0 Å². The summed E-state index contributed by atoms with van der Waals surface area (Å²) in [4.78, 5) is 2.38. The van der Waals surface area contributed by atoms with Gasteiger partial charge in [0.15, 0.2) is 0 Å². The van der Waals surface area contributed by atoms with Crippen molar-refractivity contribution in [3.63, 3.8) is 0 Å². The number of aliphatic hydroxyl groups is 1. The number of nitrogens with one attached hydrogen (secondary N) is 1. The summed E-state index contributed by atoms with van der Waals surface area (Å²) in [5.74, 6) is 2.37. The van der Waals surface area contributed by atoms with E-state index in [1.807, 2.05) is 11.8 Å². The van der Waals surface area contributed by atoms with E-state index in [1.165, 1.54) is 30.9 Å². The number of rotatable bonds is 8. The number of hydrogen-bond acceptors (Lipinski definition) is 4. The van der Waals surface area contributed by atoms with E-state index >= 15 is 0 Å². The molecule has 90 valence electrons. The zero-order chi connectivity index (χ0) is 10.9. The second kappa shape index (κ2) is 8.39. The zero-order valence-corrected chi connectivity index (χ0v) is 10.6. The Labute approximate surface area is 97.6 Å². The van der Waals surface area contributed by atoms with Crippen LogP contribution in [0.5, 0.6) is 0 Å². The molecule has 2 N–H and O–H groups in total. The molecule has 0 aromatic carbocycles. The Kier molecular flexibility index (Phi) is 7.44. The Morgan fingerprint density at radius 2 is 2.33 bits per heavy atom. The van der Waals surface area contributed by atoms with Crippen molar-refractivity contribution in [1.29, 1.82) is 0 Å². The number of aliphatic hydroxyl groups excluding tert-OH is 1. The zero-order valence-electron chi connectivity index (χ0n) is 9.74. The van der Waals surface area contributed by atoms with Crippen molar-refractivity contribution in [2.45, 2.75) is 25.8 Å². The molecule has 1 rings (SSSR count). The van der Waals surface area contributed by atoms with Crippen molar-refractivity contribution in [1.82, 2.24) is 10.2 Å². The molecule has 0 aliphatic carbocycles. The molecule has 0 bridgehead atoms. The van der Waals surface area contributed by atoms with E-state index in [9.17, 15) is 0 Å². The van der Waals surface area contributed by atoms with Gasteiger partial charge in [0.2, 0.25) is 0 Å². The summed E-state index contributed by atoms with van der Waals surface area (Å²) in [6, 6.07) is 0.656. The summed E-state index contributed by atoms with van der Waals surface area (Å²) in [5, 5.41) is 12.5. The molecule has 1 heterocycles. The van der Waals surface area contributed by atoms with Gasteiger partial charge in [-0.3, -0.25) is 4.90 Å². The molecule has 4 heteroatoms. The number of nitrogens with zero attached hydrogens (tertiary/aromatic N) is 1. The van der Waals surface area contributed by atoms with E-state index in [1.54, 1.807) is 0 Å². The molecule has 0 amide bonds. The van der Waals surface area contributed by atoms with Crippen LogP contribution in [0, 0.1) is 0 Å². The molecule has 1 fully saturated rings. The molecule has 0 spiro atoms. The number of hydrogen-bond donors (Lipinski definition) is 2. The molecular formula is C11H24N2OS. The highest BCUT2D eigenvalue weighted by atomic mass is 32.2. The van der Waals surface area contributed by atoms with Crippen molar-refractivity contribution < 1.29 is 5.11 Å². The van der Waals surface area contributed by atoms with Gasteiger partial charge in [-0.1, -0.05) is 6.92 Å². The van der Waals surface area contributed by atoms with E-state index < -0.39 is 0 Å². The minimum atomic E-state index is 0.281. The molecule has 0 aromatic rings. The Bertz CT molecular complexity index is 152. The fraction of sp³-hybridized carbons (Fsp3) is 1.00. The SMILES string of the molecule is CCSCCN(CCO)CC1CCCN1. The lowest BCUT2D eigenvalue weighted by Gasteiger charge is -2.24. The van der Waals surface area contributed by atoms with Crippen LogP contribution >= 0.6 is 11.8 Å². The average molecular weight is 232 g/mol. The highest BCUT2D eigenvalue weighted by molar-refractivity contribution is 7.99. The summed E-state index contributed by atoms with van der Waals surface area (Å²) < 4.78 is 0. The van der Waals surface area contributed by atoms with Crippen molar-refractivity contribution >= 4 is 11.8 Å². The molecule has 1 unspecified atom stereocenters. The standard InChI is InChI=1S/C11H24N2OS/c1-2-15-9-7-13(6-8-14)10-11-4-3-5-12-11/h11-12,14H,2-10H2,1H3. The fourth-order valence-corrected chi connectivity index (χ4v) is 2.67. The highest BCUT2D eigenvalue weighted by Gasteiger charge is 2.17. The van der Waals surface area contributed by atoms with Crippen LogP contribution in [0.3, 0.4) is 0 Å². The molecule has 1 aliphatic heterocycles. The Morgan fingerprint density at radius 1 is 1.47 bits per heavy atom. The third kappa shape index (κ3) is 5.76. The van der Waals surface area contributed by atoms with E-state index in [0.29, 0.717) is 6.04 Å². The third-order valence-electron chi connectivity index (χ3n) is 2.81. The van der Waals surface area contributed by atoms with Crippen molar-refractivity contribution in [2.75, 3.05) is 44.3 Å². The maximum Gasteiger partial charge on any atom is 0.0558 e. The van der Waals surface area contributed by atoms with Crippen LogP contribution in [-0.2, 0) is 0 Å². The van der Waals surface area contributed by atoms with Gasteiger partial charge in [-0.25, -0.2) is 0 Å². The maximum absolute atomic E-state index is 9.00. The van der Waals surface area contributed by atoms with Gasteiger partial charge in [0.25, 0.3) is 0 Å². The smallest absolute Gasteiger partial charge is 0.0558 e. The summed E-state index contributed by atoms with van der Waals surface area (Å²) in [6.45, 7) is 6.68. The molecular weight excluding hydrogens is 208 g/mol. The van der Waals surface area contributed by atoms with E-state index in [-0.39, 0.29) is 6.61 Å². The lowest BCUT2D eigenvalue weighted by molar-refractivity contribution is 0.192. The molecule has 0 radical (unpaired) electrons. The highest BCUT2D eigenvalue weighted by Crippen LogP contribution is 2.08. The van der Waals surface area contributed by atoms with E-state index in [2.05, 4.69) is 17.1 Å². The largest absolute Gasteiger partial charge is 0.395 e. The maximum atomic E-state index is 9.00. The van der Waals surface area contributed by atoms with Gasteiger partial charge in [0.05, 0.1) is 6.61 Å². The first-order valence-electron chi connectivity index (χ1n) is 6.01. The van der Waals surface area contributed by atoms with Crippen LogP contribution in [0.2, 0.25) is 0 Å². The average Bonchev–Trinajstić information content (AvgIpc) is 2.71. The first kappa shape index (κ1) is 13.3. The predicted molar refractivity (Wildman–Crippen MR) is 67.5 cm³/mol. The molecule has 1 aliphatic rings. The quantitative estimate of drug-likeness (QED) is 0.607. The van der Waals surface area contributed by atoms with Crippen molar-refractivity contribution in [3.8, 4) is 0 Å². The van der Waals surface area contributed by atoms with Gasteiger partial charge < -0.3 is 10.4 Å². The van der Waals surface area contributed by atoms with E-state index in [4.69, 9.17) is 5.11 Å². The third-order valence-corrected chi connectivity index (χ3v) is 3.69. The summed E-state index contributed by atoms with van der Waals surface area (Å²) in [6.07, 6.45) is 2.60. The molecule has 3 nitrogen and oxygen atoms in total. The molecule has 1 atom stereocenters. The van der Waals surface area contributed by atoms with E-state index in [0.717, 1.165) is 19.6 Å². The Hall–Kier alpha value is 0.230. The van der Waals surface area contributed by atoms with Gasteiger partial charge in [0.1, 0.15) is 0 Å². The molecule has 1 saturated heterocycles. The molecule has 0 aromatic heterocycles. The van der Waals surface area contributed by atoms with Crippen LogP contribution in [-0.4, -0.2) is 60.3 Å². The normalized spacial score (nSPS) is 21.4. The van der Waals surface area contributed by atoms with Gasteiger partial charge in [-0.2, -0.15) is 11.8 Å². The first-order chi connectivity index (χ1) is 7.36. The van der Waals surface area contributed by atoms with Crippen molar-refractivity contribution in [2.24, 2.45) is 0 Å². The summed E-state index contributed by atoms with van der Waals surface area (Å²) >= 11 is 1.98. The fourth-order valence-electron chi connectivity index (χ4n) is 2.00. The van der Waals surface area contributed by atoms with Crippen LogP contribution in [0.15, 0.2) is 0 Å². The monoisotopic (exact) mass is 232 g/mol. The van der Waals surface area contributed by atoms with Crippen LogP contribution in [0.4, 0.5) is 0 Å². The van der Waals surface area contributed by atoms with Gasteiger partial charge in [0, 0.05) is 31.4 Å². The molecule has 15 heavy (non-hydrogen) atoms. The summed E-state index contributed by atoms with van der Waals surface area (Å²) in [7, 11) is 0. The first-order valence-corrected chi connectivity index (χ1v) is 7.16. The lowest BCUT2D eigenvalue weighted by atomic mass is 10.2. The lowest BCUT2D eigenvalue weighted by Crippen LogP contribution is -2.40. The minimum absolute atomic E-state index is 0.281. The van der Waals surface area contributed by atoms with Gasteiger partial charge >= 0.3 is 0 Å². The Balaban J connectivity index is 2.16.